The Labute approximate surface area is 85.6 Å². The first-order valence-electron chi connectivity index (χ1n) is 4.86. The maximum atomic E-state index is 10.5. The molecule has 2 N–H and O–H groups in total. The molecule has 0 aliphatic carbocycles. The maximum absolute atomic E-state index is 10.5. The largest absolute Gasteiger partial charge is 0.465 e. The van der Waals surface area contributed by atoms with Crippen LogP contribution in [-0.2, 0) is 4.74 Å². The molecule has 0 bridgehead atoms. The van der Waals surface area contributed by atoms with E-state index in [1.807, 2.05) is 20.8 Å². The number of rotatable bonds is 5. The number of nitrogens with one attached hydrogen (secondary N) is 1. The van der Waals surface area contributed by atoms with E-state index < -0.39 is 6.09 Å². The molecule has 0 aromatic rings. The Morgan fingerprint density at radius 2 is 2.07 bits per heavy atom. The summed E-state index contributed by atoms with van der Waals surface area (Å²) >= 11 is 0. The van der Waals surface area contributed by atoms with Crippen molar-refractivity contribution >= 4 is 6.09 Å². The lowest BCUT2D eigenvalue weighted by molar-refractivity contribution is 0.157. The molecule has 1 amide bonds. The SMILES string of the molecule is COCCCC(NC(=O)O)C(C)(C)C. The van der Waals surface area contributed by atoms with Crippen LogP contribution in [0.1, 0.15) is 33.6 Å². The summed E-state index contributed by atoms with van der Waals surface area (Å²) < 4.78 is 4.93. The maximum Gasteiger partial charge on any atom is 0.404 e. The van der Waals surface area contributed by atoms with Gasteiger partial charge in [0, 0.05) is 19.8 Å². The van der Waals surface area contributed by atoms with Gasteiger partial charge in [-0.1, -0.05) is 20.8 Å². The van der Waals surface area contributed by atoms with Crippen LogP contribution in [-0.4, -0.2) is 31.0 Å². The van der Waals surface area contributed by atoms with Gasteiger partial charge in [0.1, 0.15) is 0 Å². The third kappa shape index (κ3) is 5.80. The molecule has 0 rings (SSSR count). The predicted molar refractivity (Wildman–Crippen MR) is 55.5 cm³/mol. The lowest BCUT2D eigenvalue weighted by Crippen LogP contribution is -2.43. The number of ether oxygens (including phenoxy) is 1. The zero-order valence-electron chi connectivity index (χ0n) is 9.46. The lowest BCUT2D eigenvalue weighted by Gasteiger charge is -2.30. The fourth-order valence-electron chi connectivity index (χ4n) is 1.30. The molecular weight excluding hydrogens is 182 g/mol. The van der Waals surface area contributed by atoms with Gasteiger partial charge in [-0.2, -0.15) is 0 Å². The number of amides is 1. The molecule has 0 heterocycles. The van der Waals surface area contributed by atoms with E-state index in [4.69, 9.17) is 9.84 Å². The molecule has 4 heteroatoms. The minimum absolute atomic E-state index is 0.0184. The van der Waals surface area contributed by atoms with Crippen molar-refractivity contribution in [2.24, 2.45) is 5.41 Å². The van der Waals surface area contributed by atoms with Crippen LogP contribution in [0.5, 0.6) is 0 Å². The highest BCUT2D eigenvalue weighted by atomic mass is 16.5. The van der Waals surface area contributed by atoms with Crippen molar-refractivity contribution in [2.75, 3.05) is 13.7 Å². The average Bonchev–Trinajstić information content (AvgIpc) is 2.00. The molecule has 84 valence electrons. The summed E-state index contributed by atoms with van der Waals surface area (Å²) in [6, 6.07) is -0.0184. The summed E-state index contributed by atoms with van der Waals surface area (Å²) in [5.41, 5.74) is -0.0495. The quantitative estimate of drug-likeness (QED) is 0.673. The summed E-state index contributed by atoms with van der Waals surface area (Å²) in [7, 11) is 1.65. The van der Waals surface area contributed by atoms with Crippen LogP contribution in [0.2, 0.25) is 0 Å². The van der Waals surface area contributed by atoms with Crippen LogP contribution in [0.3, 0.4) is 0 Å². The molecule has 0 aromatic carbocycles. The summed E-state index contributed by atoms with van der Waals surface area (Å²) in [5.74, 6) is 0. The Hall–Kier alpha value is -0.770. The number of hydrogen-bond donors (Lipinski definition) is 2. The van der Waals surface area contributed by atoms with E-state index in [0.29, 0.717) is 6.61 Å². The van der Waals surface area contributed by atoms with Crippen molar-refractivity contribution in [2.45, 2.75) is 39.7 Å². The zero-order valence-corrected chi connectivity index (χ0v) is 9.46. The van der Waals surface area contributed by atoms with Crippen molar-refractivity contribution in [1.29, 1.82) is 0 Å². The monoisotopic (exact) mass is 203 g/mol. The molecule has 0 aliphatic heterocycles. The molecule has 0 spiro atoms. The normalized spacial score (nSPS) is 13.7. The Morgan fingerprint density at radius 1 is 1.50 bits per heavy atom. The molecule has 4 nitrogen and oxygen atoms in total. The predicted octanol–water partition coefficient (Wildman–Crippen LogP) is 2.10. The van der Waals surface area contributed by atoms with Crippen LogP contribution < -0.4 is 5.32 Å². The summed E-state index contributed by atoms with van der Waals surface area (Å²) in [6.07, 6.45) is 0.727. The Bertz CT molecular complexity index is 175. The molecule has 0 fully saturated rings. The number of carboxylic acid groups (broad SMARTS) is 1. The van der Waals surface area contributed by atoms with Gasteiger partial charge in [-0.3, -0.25) is 0 Å². The smallest absolute Gasteiger partial charge is 0.404 e. The van der Waals surface area contributed by atoms with E-state index in [1.54, 1.807) is 7.11 Å². The van der Waals surface area contributed by atoms with Gasteiger partial charge >= 0.3 is 6.09 Å². The highest BCUT2D eigenvalue weighted by molar-refractivity contribution is 5.64. The topological polar surface area (TPSA) is 58.6 Å². The summed E-state index contributed by atoms with van der Waals surface area (Å²) in [5, 5.41) is 11.2. The molecule has 1 atom stereocenters. The molecule has 0 saturated carbocycles. The Morgan fingerprint density at radius 3 is 2.43 bits per heavy atom. The number of methoxy groups -OCH3 is 1. The second-order valence-corrected chi connectivity index (χ2v) is 4.50. The third-order valence-electron chi connectivity index (χ3n) is 2.18. The molecule has 0 aromatic heterocycles. The zero-order chi connectivity index (χ0) is 11.2. The van der Waals surface area contributed by atoms with Gasteiger partial charge in [0.2, 0.25) is 0 Å². The minimum Gasteiger partial charge on any atom is -0.465 e. The standard InChI is InChI=1S/C10H21NO3/c1-10(2,3)8(11-9(12)13)6-5-7-14-4/h8,11H,5-7H2,1-4H3,(H,12,13). The van der Waals surface area contributed by atoms with E-state index in [0.717, 1.165) is 12.8 Å². The van der Waals surface area contributed by atoms with E-state index in [9.17, 15) is 4.79 Å². The lowest BCUT2D eigenvalue weighted by atomic mass is 9.84. The van der Waals surface area contributed by atoms with E-state index >= 15 is 0 Å². The summed E-state index contributed by atoms with van der Waals surface area (Å²) in [4.78, 5) is 10.5. The first kappa shape index (κ1) is 13.2. The molecule has 0 saturated heterocycles. The highest BCUT2D eigenvalue weighted by Gasteiger charge is 2.25. The van der Waals surface area contributed by atoms with Crippen molar-refractivity contribution in [3.63, 3.8) is 0 Å². The third-order valence-corrected chi connectivity index (χ3v) is 2.18. The first-order chi connectivity index (χ1) is 6.38. The van der Waals surface area contributed by atoms with Gasteiger partial charge in [0.25, 0.3) is 0 Å². The van der Waals surface area contributed by atoms with Crippen molar-refractivity contribution in [1.82, 2.24) is 5.32 Å². The van der Waals surface area contributed by atoms with Gasteiger partial charge < -0.3 is 15.2 Å². The molecular formula is C10H21NO3. The van der Waals surface area contributed by atoms with Gasteiger partial charge in [-0.15, -0.1) is 0 Å². The van der Waals surface area contributed by atoms with Crippen LogP contribution in [0.4, 0.5) is 4.79 Å². The van der Waals surface area contributed by atoms with Crippen molar-refractivity contribution < 1.29 is 14.6 Å². The van der Waals surface area contributed by atoms with E-state index in [1.165, 1.54) is 0 Å². The summed E-state index contributed by atoms with van der Waals surface area (Å²) in [6.45, 7) is 6.76. The average molecular weight is 203 g/mol. The van der Waals surface area contributed by atoms with E-state index in [-0.39, 0.29) is 11.5 Å². The minimum atomic E-state index is -0.956. The fraction of sp³-hybridized carbons (Fsp3) is 0.900. The molecule has 1 unspecified atom stereocenters. The second kappa shape index (κ2) is 5.86. The Kier molecular flexibility index (Phi) is 5.53. The number of carbonyl (C=O) groups is 1. The number of hydrogen-bond acceptors (Lipinski definition) is 2. The van der Waals surface area contributed by atoms with Crippen LogP contribution in [0, 0.1) is 5.41 Å². The second-order valence-electron chi connectivity index (χ2n) is 4.50. The van der Waals surface area contributed by atoms with Gasteiger partial charge in [0.05, 0.1) is 0 Å². The van der Waals surface area contributed by atoms with Crippen LogP contribution >= 0.6 is 0 Å². The van der Waals surface area contributed by atoms with Crippen LogP contribution in [0.25, 0.3) is 0 Å². The van der Waals surface area contributed by atoms with E-state index in [2.05, 4.69) is 5.32 Å². The van der Waals surface area contributed by atoms with Gasteiger partial charge in [0.15, 0.2) is 0 Å². The van der Waals surface area contributed by atoms with Crippen molar-refractivity contribution in [3.05, 3.63) is 0 Å². The fourth-order valence-corrected chi connectivity index (χ4v) is 1.30. The highest BCUT2D eigenvalue weighted by Crippen LogP contribution is 2.22. The molecule has 0 aliphatic rings. The van der Waals surface area contributed by atoms with Crippen LogP contribution in [0.15, 0.2) is 0 Å². The molecule has 0 radical (unpaired) electrons. The Balaban J connectivity index is 4.05. The van der Waals surface area contributed by atoms with Gasteiger partial charge in [-0.05, 0) is 18.3 Å². The van der Waals surface area contributed by atoms with Gasteiger partial charge in [-0.25, -0.2) is 4.79 Å². The first-order valence-corrected chi connectivity index (χ1v) is 4.86. The molecule has 14 heavy (non-hydrogen) atoms. The van der Waals surface area contributed by atoms with Crippen molar-refractivity contribution in [3.8, 4) is 0 Å².